The van der Waals surface area contributed by atoms with E-state index in [4.69, 9.17) is 0 Å². The Bertz CT molecular complexity index is 1230. The molecule has 0 radical (unpaired) electrons. The van der Waals surface area contributed by atoms with Crippen LogP contribution in [0.2, 0.25) is 0 Å². The number of benzene rings is 1. The number of carbonyl (C=O) groups is 3. The third-order valence-corrected chi connectivity index (χ3v) is 7.81. The van der Waals surface area contributed by atoms with Crippen molar-refractivity contribution in [2.24, 2.45) is 0 Å². The number of pyridine rings is 1. The van der Waals surface area contributed by atoms with Gasteiger partial charge in [0.1, 0.15) is 5.54 Å². The summed E-state index contributed by atoms with van der Waals surface area (Å²) in [7, 11) is 2.04. The number of thioether (sulfide) groups is 1. The molecule has 3 heterocycles. The minimum Gasteiger partial charge on any atom is -0.323 e. The van der Waals surface area contributed by atoms with Gasteiger partial charge >= 0.3 is 11.5 Å². The van der Waals surface area contributed by atoms with Crippen molar-refractivity contribution in [2.75, 3.05) is 50.0 Å². The number of aromatic nitrogens is 1. The van der Waals surface area contributed by atoms with Gasteiger partial charge in [-0.3, -0.25) is 19.5 Å². The van der Waals surface area contributed by atoms with E-state index in [1.165, 1.54) is 35.4 Å². The molecule has 0 unspecified atom stereocenters. The molecule has 1 aliphatic carbocycles. The number of rotatable bonds is 7. The first-order chi connectivity index (χ1) is 18.1. The molecule has 2 aromatic rings. The highest BCUT2D eigenvalue weighted by molar-refractivity contribution is 8.00. The second-order valence-electron chi connectivity index (χ2n) is 9.74. The average Bonchev–Trinajstić information content (AvgIpc) is 3.63. The van der Waals surface area contributed by atoms with E-state index in [-0.39, 0.29) is 41.3 Å². The van der Waals surface area contributed by atoms with Crippen LogP contribution in [0.5, 0.6) is 0 Å². The van der Waals surface area contributed by atoms with Crippen molar-refractivity contribution < 1.29 is 27.6 Å². The van der Waals surface area contributed by atoms with Crippen molar-refractivity contribution in [3.8, 4) is 0 Å². The lowest BCUT2D eigenvalue weighted by molar-refractivity contribution is -0.121. The Morgan fingerprint density at radius 1 is 1.08 bits per heavy atom. The Morgan fingerprint density at radius 3 is 2.39 bits per heavy atom. The number of likely N-dealkylation sites (N-methyl/N-ethyl adjacent to an activating group) is 1. The Kier molecular flexibility index (Phi) is 7.09. The number of amides is 4. The lowest BCUT2D eigenvalue weighted by atomic mass is 10.1. The van der Waals surface area contributed by atoms with Crippen LogP contribution >= 0.6 is 11.8 Å². The van der Waals surface area contributed by atoms with Gasteiger partial charge in [-0.1, -0.05) is 0 Å². The minimum atomic E-state index is -4.43. The van der Waals surface area contributed by atoms with Crippen molar-refractivity contribution >= 4 is 41.0 Å². The first-order valence-corrected chi connectivity index (χ1v) is 13.0. The van der Waals surface area contributed by atoms with Crippen molar-refractivity contribution in [1.29, 1.82) is 0 Å². The Hall–Kier alpha value is -3.16. The van der Waals surface area contributed by atoms with Crippen LogP contribution in [0.15, 0.2) is 47.6 Å². The fourth-order valence-electron chi connectivity index (χ4n) is 4.80. The third-order valence-electron chi connectivity index (χ3n) is 7.07. The minimum absolute atomic E-state index is 0.0351. The SMILES string of the molecule is CN1CCN(CC(=O)Nc2cnccc2CN2C(=O)N(c3ccc(SC(F)(F)F)cc3)C(=O)C23CC3)CC1. The zero-order valence-electron chi connectivity index (χ0n) is 20.7. The molecule has 0 bridgehead atoms. The zero-order valence-corrected chi connectivity index (χ0v) is 21.5. The molecular formula is C25H27F3N6O3S. The first-order valence-electron chi connectivity index (χ1n) is 12.2. The number of carbonyl (C=O) groups excluding carboxylic acids is 3. The quantitative estimate of drug-likeness (QED) is 0.419. The van der Waals surface area contributed by atoms with Gasteiger partial charge in [-0.15, -0.1) is 0 Å². The average molecular weight is 549 g/mol. The second kappa shape index (κ2) is 10.2. The van der Waals surface area contributed by atoms with E-state index in [0.29, 0.717) is 24.1 Å². The third kappa shape index (κ3) is 5.49. The predicted molar refractivity (Wildman–Crippen MR) is 136 cm³/mol. The molecule has 1 N–H and O–H groups in total. The molecule has 1 aromatic heterocycles. The maximum atomic E-state index is 13.4. The fraction of sp³-hybridized carbons (Fsp3) is 0.440. The van der Waals surface area contributed by atoms with Crippen LogP contribution < -0.4 is 10.2 Å². The lowest BCUT2D eigenvalue weighted by Gasteiger charge is -2.31. The molecule has 202 valence electrons. The molecule has 3 aliphatic rings. The maximum absolute atomic E-state index is 13.4. The molecule has 3 fully saturated rings. The molecule has 1 saturated carbocycles. The van der Waals surface area contributed by atoms with Gasteiger partial charge in [0.05, 0.1) is 30.7 Å². The smallest absolute Gasteiger partial charge is 0.323 e. The monoisotopic (exact) mass is 548 g/mol. The number of nitrogens with one attached hydrogen (secondary N) is 1. The van der Waals surface area contributed by atoms with Crippen molar-refractivity contribution in [2.45, 2.75) is 35.3 Å². The standard InChI is InChI=1S/C25H27F3N6O3S/c1-31-10-12-32(13-11-31)16-21(35)30-20-14-29-9-6-17(20)15-33-23(37)34(22(36)24(33)7-8-24)18-2-4-19(5-3-18)38-25(26,27)28/h2-6,9,14H,7-8,10-13,15-16H2,1H3,(H,30,35). The molecule has 5 rings (SSSR count). The molecule has 2 saturated heterocycles. The molecule has 38 heavy (non-hydrogen) atoms. The molecule has 4 amide bonds. The molecule has 1 aromatic carbocycles. The lowest BCUT2D eigenvalue weighted by Crippen LogP contribution is -2.47. The zero-order chi connectivity index (χ0) is 27.1. The van der Waals surface area contributed by atoms with Gasteiger partial charge in [-0.25, -0.2) is 9.69 Å². The van der Waals surface area contributed by atoms with Gasteiger partial charge in [0.25, 0.3) is 5.91 Å². The predicted octanol–water partition coefficient (Wildman–Crippen LogP) is 3.38. The summed E-state index contributed by atoms with van der Waals surface area (Å²) in [5, 5.41) is 2.90. The summed E-state index contributed by atoms with van der Waals surface area (Å²) >= 11 is -0.259. The van der Waals surface area contributed by atoms with Crippen molar-refractivity contribution in [3.05, 3.63) is 48.3 Å². The van der Waals surface area contributed by atoms with Gasteiger partial charge in [-0.05, 0) is 67.5 Å². The molecular weight excluding hydrogens is 521 g/mol. The maximum Gasteiger partial charge on any atom is 0.446 e. The summed E-state index contributed by atoms with van der Waals surface area (Å²) < 4.78 is 38.0. The highest BCUT2D eigenvalue weighted by atomic mass is 32.2. The summed E-state index contributed by atoms with van der Waals surface area (Å²) in [6, 6.07) is 6.33. The Morgan fingerprint density at radius 2 is 1.76 bits per heavy atom. The number of hydrogen-bond donors (Lipinski definition) is 1. The summed E-state index contributed by atoms with van der Waals surface area (Å²) in [6.07, 6.45) is 4.06. The number of anilines is 2. The highest BCUT2D eigenvalue weighted by Gasteiger charge is 2.65. The topological polar surface area (TPSA) is 89.1 Å². The van der Waals surface area contributed by atoms with Crippen molar-refractivity contribution in [1.82, 2.24) is 19.7 Å². The number of nitrogens with zero attached hydrogens (tertiary/aromatic N) is 5. The molecule has 1 spiro atoms. The normalized spacial score (nSPS) is 19.9. The van der Waals surface area contributed by atoms with E-state index in [9.17, 15) is 27.6 Å². The van der Waals surface area contributed by atoms with Crippen LogP contribution in [0.1, 0.15) is 18.4 Å². The fourth-order valence-corrected chi connectivity index (χ4v) is 5.34. The number of alkyl halides is 3. The number of piperazine rings is 1. The van der Waals surface area contributed by atoms with Crippen LogP contribution in [-0.2, 0) is 16.1 Å². The first kappa shape index (κ1) is 26.4. The summed E-state index contributed by atoms with van der Waals surface area (Å²) in [6.45, 7) is 3.68. The molecule has 0 atom stereocenters. The van der Waals surface area contributed by atoms with E-state index in [1.807, 2.05) is 7.05 Å². The van der Waals surface area contributed by atoms with Crippen LogP contribution in [0, 0.1) is 0 Å². The van der Waals surface area contributed by atoms with Crippen LogP contribution in [0.3, 0.4) is 0 Å². The van der Waals surface area contributed by atoms with E-state index >= 15 is 0 Å². The van der Waals surface area contributed by atoms with Crippen molar-refractivity contribution in [3.63, 3.8) is 0 Å². The van der Waals surface area contributed by atoms with E-state index in [0.717, 1.165) is 31.1 Å². The van der Waals surface area contributed by atoms with Gasteiger partial charge < -0.3 is 15.1 Å². The van der Waals surface area contributed by atoms with Crippen LogP contribution in [0.4, 0.5) is 29.3 Å². The number of hydrogen-bond acceptors (Lipinski definition) is 7. The Balaban J connectivity index is 1.30. The van der Waals surface area contributed by atoms with E-state index in [2.05, 4.69) is 20.1 Å². The highest BCUT2D eigenvalue weighted by Crippen LogP contribution is 2.50. The summed E-state index contributed by atoms with van der Waals surface area (Å²) in [5.41, 5.74) is -4.10. The summed E-state index contributed by atoms with van der Waals surface area (Å²) in [4.78, 5) is 50.4. The van der Waals surface area contributed by atoms with Crippen LogP contribution in [0.25, 0.3) is 0 Å². The number of halogens is 3. The van der Waals surface area contributed by atoms with Gasteiger partial charge in [0.2, 0.25) is 5.91 Å². The molecule has 9 nitrogen and oxygen atoms in total. The largest absolute Gasteiger partial charge is 0.446 e. The Labute approximate surface area is 221 Å². The van der Waals surface area contributed by atoms with Gasteiger partial charge in [0, 0.05) is 37.3 Å². The van der Waals surface area contributed by atoms with E-state index < -0.39 is 23.0 Å². The van der Waals surface area contributed by atoms with Crippen LogP contribution in [-0.4, -0.2) is 88.3 Å². The second-order valence-corrected chi connectivity index (χ2v) is 10.9. The summed E-state index contributed by atoms with van der Waals surface area (Å²) in [5.74, 6) is -0.583. The molecule has 13 heteroatoms. The van der Waals surface area contributed by atoms with E-state index in [1.54, 1.807) is 12.3 Å². The number of imide groups is 1. The molecule has 2 aliphatic heterocycles. The van der Waals surface area contributed by atoms with Gasteiger partial charge in [0.15, 0.2) is 0 Å². The number of urea groups is 1. The van der Waals surface area contributed by atoms with Gasteiger partial charge in [-0.2, -0.15) is 13.2 Å².